The van der Waals surface area contributed by atoms with Crippen molar-refractivity contribution in [1.29, 1.82) is 0 Å². The van der Waals surface area contributed by atoms with Gasteiger partial charge in [-0.2, -0.15) is 0 Å². The van der Waals surface area contributed by atoms with Crippen molar-refractivity contribution < 1.29 is 9.18 Å². The highest BCUT2D eigenvalue weighted by Crippen LogP contribution is 2.15. The van der Waals surface area contributed by atoms with Gasteiger partial charge in [-0.25, -0.2) is 14.1 Å². The average molecular weight is 385 g/mol. The lowest BCUT2D eigenvalue weighted by molar-refractivity contribution is 0.0617. The van der Waals surface area contributed by atoms with E-state index in [1.807, 2.05) is 0 Å². The summed E-state index contributed by atoms with van der Waals surface area (Å²) in [7, 11) is 0. The Morgan fingerprint density at radius 3 is 2.56 bits per heavy atom. The number of carbonyl (C=O) groups is 1. The maximum Gasteiger partial charge on any atom is 0.293 e. The highest BCUT2D eigenvalue weighted by atomic mass is 32.1. The molecule has 4 rings (SSSR count). The maximum absolute atomic E-state index is 13.1. The summed E-state index contributed by atoms with van der Waals surface area (Å²) in [5, 5.41) is 6.43. The van der Waals surface area contributed by atoms with Crippen molar-refractivity contribution in [3.05, 3.63) is 64.1 Å². The molecule has 0 saturated carbocycles. The second-order valence-electron chi connectivity index (χ2n) is 6.52. The van der Waals surface area contributed by atoms with Gasteiger partial charge in [0.05, 0.1) is 5.69 Å². The fourth-order valence-electron chi connectivity index (χ4n) is 3.18. The fourth-order valence-corrected chi connectivity index (χ4v) is 3.93. The Morgan fingerprint density at radius 1 is 1.15 bits per heavy atom. The molecule has 0 bridgehead atoms. The minimum Gasteiger partial charge on any atom is -0.333 e. The molecule has 1 aromatic carbocycles. The summed E-state index contributed by atoms with van der Waals surface area (Å²) in [6, 6.07) is 10.2. The van der Waals surface area contributed by atoms with Crippen molar-refractivity contribution in [2.45, 2.75) is 13.5 Å². The van der Waals surface area contributed by atoms with E-state index in [-0.39, 0.29) is 17.5 Å². The van der Waals surface area contributed by atoms with E-state index < -0.39 is 0 Å². The topological polar surface area (TPSA) is 54.3 Å². The van der Waals surface area contributed by atoms with Gasteiger partial charge >= 0.3 is 0 Å². The SMILES string of the molecule is Cc1nc(C(=O)N2CCN(Cc3cccs3)CC2)nn1-c1ccc(F)cc1. The number of piperazine rings is 1. The maximum atomic E-state index is 13.1. The smallest absolute Gasteiger partial charge is 0.293 e. The number of halogens is 1. The number of aryl methyl sites for hydroxylation is 1. The van der Waals surface area contributed by atoms with Crippen LogP contribution >= 0.6 is 11.3 Å². The minimum absolute atomic E-state index is 0.158. The number of rotatable bonds is 4. The second-order valence-corrected chi connectivity index (χ2v) is 7.55. The molecular weight excluding hydrogens is 365 g/mol. The molecule has 0 atom stereocenters. The number of nitrogens with zero attached hydrogens (tertiary/aromatic N) is 5. The number of thiophene rings is 1. The van der Waals surface area contributed by atoms with E-state index in [1.165, 1.54) is 17.0 Å². The Bertz CT molecular complexity index is 914. The Hall–Kier alpha value is -2.58. The first-order chi connectivity index (χ1) is 13.1. The number of amides is 1. The third kappa shape index (κ3) is 3.91. The zero-order valence-corrected chi connectivity index (χ0v) is 15.8. The van der Waals surface area contributed by atoms with E-state index in [1.54, 1.807) is 40.0 Å². The van der Waals surface area contributed by atoms with Crippen LogP contribution in [0.2, 0.25) is 0 Å². The Balaban J connectivity index is 1.41. The van der Waals surface area contributed by atoms with Gasteiger partial charge < -0.3 is 4.90 Å². The average Bonchev–Trinajstić information content (AvgIpc) is 3.32. The van der Waals surface area contributed by atoms with Gasteiger partial charge in [0.15, 0.2) is 0 Å². The van der Waals surface area contributed by atoms with E-state index in [2.05, 4.69) is 32.5 Å². The molecule has 2 aromatic heterocycles. The molecule has 3 aromatic rings. The standard InChI is InChI=1S/C19H20FN5OS/c1-14-21-18(22-25(14)16-6-4-15(20)5-7-16)19(26)24-10-8-23(9-11-24)13-17-3-2-12-27-17/h2-7,12H,8-11,13H2,1H3. The molecule has 0 N–H and O–H groups in total. The van der Waals surface area contributed by atoms with Crippen molar-refractivity contribution in [3.63, 3.8) is 0 Å². The van der Waals surface area contributed by atoms with Gasteiger partial charge in [0, 0.05) is 37.6 Å². The van der Waals surface area contributed by atoms with Crippen LogP contribution in [0, 0.1) is 12.7 Å². The van der Waals surface area contributed by atoms with Crippen LogP contribution in [0.3, 0.4) is 0 Å². The lowest BCUT2D eigenvalue weighted by Gasteiger charge is -2.33. The zero-order valence-electron chi connectivity index (χ0n) is 15.0. The Kier molecular flexibility index (Phi) is 5.00. The van der Waals surface area contributed by atoms with Gasteiger partial charge in [-0.05, 0) is 42.6 Å². The zero-order chi connectivity index (χ0) is 18.8. The van der Waals surface area contributed by atoms with Gasteiger partial charge in [-0.1, -0.05) is 6.07 Å². The summed E-state index contributed by atoms with van der Waals surface area (Å²) >= 11 is 1.76. The normalized spacial score (nSPS) is 15.3. The van der Waals surface area contributed by atoms with E-state index in [0.717, 1.165) is 19.6 Å². The number of carbonyl (C=O) groups excluding carboxylic acids is 1. The van der Waals surface area contributed by atoms with Gasteiger partial charge in [-0.15, -0.1) is 16.4 Å². The van der Waals surface area contributed by atoms with Crippen LogP contribution in [0.1, 0.15) is 21.3 Å². The first-order valence-electron chi connectivity index (χ1n) is 8.84. The first-order valence-corrected chi connectivity index (χ1v) is 9.72. The summed E-state index contributed by atoms with van der Waals surface area (Å²) in [5.74, 6) is 0.313. The van der Waals surface area contributed by atoms with E-state index in [4.69, 9.17) is 0 Å². The molecule has 1 aliphatic rings. The number of hydrogen-bond donors (Lipinski definition) is 0. The molecule has 1 amide bonds. The fraction of sp³-hybridized carbons (Fsp3) is 0.316. The Morgan fingerprint density at radius 2 is 1.89 bits per heavy atom. The second kappa shape index (κ2) is 7.58. The number of benzene rings is 1. The highest BCUT2D eigenvalue weighted by molar-refractivity contribution is 7.09. The molecule has 1 saturated heterocycles. The van der Waals surface area contributed by atoms with Crippen LogP contribution in [0.25, 0.3) is 5.69 Å². The highest BCUT2D eigenvalue weighted by Gasteiger charge is 2.25. The lowest BCUT2D eigenvalue weighted by atomic mass is 10.3. The van der Waals surface area contributed by atoms with E-state index >= 15 is 0 Å². The van der Waals surface area contributed by atoms with E-state index in [0.29, 0.717) is 24.6 Å². The summed E-state index contributed by atoms with van der Waals surface area (Å²) in [4.78, 5) is 22.6. The van der Waals surface area contributed by atoms with Gasteiger partial charge in [0.2, 0.25) is 5.82 Å². The predicted octanol–water partition coefficient (Wildman–Crippen LogP) is 2.73. The molecule has 1 aliphatic heterocycles. The number of hydrogen-bond acceptors (Lipinski definition) is 5. The molecule has 140 valence electrons. The predicted molar refractivity (Wildman–Crippen MR) is 102 cm³/mol. The summed E-state index contributed by atoms with van der Waals surface area (Å²) in [5.41, 5.74) is 0.682. The summed E-state index contributed by atoms with van der Waals surface area (Å²) in [6.45, 7) is 5.70. The molecule has 0 radical (unpaired) electrons. The largest absolute Gasteiger partial charge is 0.333 e. The molecule has 0 unspecified atom stereocenters. The van der Waals surface area contributed by atoms with Crippen molar-refractivity contribution in [1.82, 2.24) is 24.6 Å². The van der Waals surface area contributed by atoms with Crippen LogP contribution in [-0.4, -0.2) is 56.7 Å². The third-order valence-corrected chi connectivity index (χ3v) is 5.51. The molecular formula is C19H20FN5OS. The van der Waals surface area contributed by atoms with Crippen LogP contribution < -0.4 is 0 Å². The minimum atomic E-state index is -0.312. The van der Waals surface area contributed by atoms with Crippen LogP contribution in [0.4, 0.5) is 4.39 Å². The van der Waals surface area contributed by atoms with Gasteiger partial charge in [0.25, 0.3) is 5.91 Å². The van der Waals surface area contributed by atoms with Crippen molar-refractivity contribution in [3.8, 4) is 5.69 Å². The molecule has 6 nitrogen and oxygen atoms in total. The van der Waals surface area contributed by atoms with Gasteiger partial charge in [0.1, 0.15) is 11.6 Å². The monoisotopic (exact) mass is 385 g/mol. The van der Waals surface area contributed by atoms with Crippen molar-refractivity contribution in [2.75, 3.05) is 26.2 Å². The third-order valence-electron chi connectivity index (χ3n) is 4.65. The van der Waals surface area contributed by atoms with Gasteiger partial charge in [-0.3, -0.25) is 9.69 Å². The van der Waals surface area contributed by atoms with Crippen LogP contribution in [0.15, 0.2) is 41.8 Å². The van der Waals surface area contributed by atoms with Crippen molar-refractivity contribution >= 4 is 17.2 Å². The summed E-state index contributed by atoms with van der Waals surface area (Å²) in [6.07, 6.45) is 0. The lowest BCUT2D eigenvalue weighted by Crippen LogP contribution is -2.48. The molecule has 3 heterocycles. The molecule has 1 fully saturated rings. The first kappa shape index (κ1) is 17.8. The molecule has 0 aliphatic carbocycles. The number of aromatic nitrogens is 3. The van der Waals surface area contributed by atoms with Crippen molar-refractivity contribution in [2.24, 2.45) is 0 Å². The molecule has 27 heavy (non-hydrogen) atoms. The van der Waals surface area contributed by atoms with Crippen LogP contribution in [-0.2, 0) is 6.54 Å². The summed E-state index contributed by atoms with van der Waals surface area (Å²) < 4.78 is 14.7. The van der Waals surface area contributed by atoms with Crippen LogP contribution in [0.5, 0.6) is 0 Å². The quantitative estimate of drug-likeness (QED) is 0.693. The molecule has 0 spiro atoms. The van der Waals surface area contributed by atoms with E-state index in [9.17, 15) is 9.18 Å². The Labute approximate surface area is 160 Å². The molecule has 8 heteroatoms.